The van der Waals surface area contributed by atoms with Crippen LogP contribution in [0.5, 0.6) is 0 Å². The van der Waals surface area contributed by atoms with E-state index in [1.54, 1.807) is 4.90 Å². The molecular formula is C18H31N3O4S. The van der Waals surface area contributed by atoms with Gasteiger partial charge in [-0.05, 0) is 50.9 Å². The van der Waals surface area contributed by atoms with Crippen LogP contribution in [-0.2, 0) is 19.4 Å². The third-order valence-electron chi connectivity index (χ3n) is 6.39. The fraction of sp³-hybridized carbons (Fsp3) is 0.889. The molecule has 0 radical (unpaired) electrons. The standard InChI is InChI=1S/C18H31N3O4S/c1-2-21(10-16(22)20-15-6-7-26(24,25)11-15)18(23)14-8-12-4-3-5-13(9-14)17(12)19/h12-15,17H,2-11,19H2,1H3,(H,20,22). The Labute approximate surface area is 156 Å². The molecule has 3 rings (SSSR count). The Morgan fingerprint density at radius 1 is 1.15 bits per heavy atom. The highest BCUT2D eigenvalue weighted by atomic mass is 32.2. The van der Waals surface area contributed by atoms with Crippen LogP contribution >= 0.6 is 0 Å². The van der Waals surface area contributed by atoms with Gasteiger partial charge in [-0.3, -0.25) is 9.59 Å². The van der Waals surface area contributed by atoms with E-state index in [1.807, 2.05) is 6.92 Å². The average Bonchev–Trinajstić information content (AvgIpc) is 2.90. The third kappa shape index (κ3) is 4.39. The molecule has 1 aliphatic heterocycles. The number of nitrogens with zero attached hydrogens (tertiary/aromatic N) is 1. The molecule has 3 atom stereocenters. The topological polar surface area (TPSA) is 110 Å². The summed E-state index contributed by atoms with van der Waals surface area (Å²) in [5, 5.41) is 2.77. The second kappa shape index (κ2) is 7.84. The van der Waals surface area contributed by atoms with Crippen LogP contribution in [0.3, 0.4) is 0 Å². The number of nitrogens with one attached hydrogen (secondary N) is 1. The van der Waals surface area contributed by atoms with Gasteiger partial charge in [-0.15, -0.1) is 0 Å². The number of carbonyl (C=O) groups is 2. The molecule has 3 unspecified atom stereocenters. The van der Waals surface area contributed by atoms with Crippen molar-refractivity contribution in [1.29, 1.82) is 0 Å². The van der Waals surface area contributed by atoms with Crippen LogP contribution in [0.1, 0.15) is 45.4 Å². The lowest BCUT2D eigenvalue weighted by atomic mass is 9.65. The molecule has 26 heavy (non-hydrogen) atoms. The molecule has 3 N–H and O–H groups in total. The largest absolute Gasteiger partial charge is 0.351 e. The van der Waals surface area contributed by atoms with E-state index in [1.165, 1.54) is 6.42 Å². The average molecular weight is 386 g/mol. The summed E-state index contributed by atoms with van der Waals surface area (Å²) < 4.78 is 23.0. The van der Waals surface area contributed by atoms with Crippen molar-refractivity contribution in [2.75, 3.05) is 24.6 Å². The normalized spacial score (nSPS) is 35.7. The number of sulfone groups is 1. The second-order valence-corrected chi connectivity index (χ2v) is 10.4. The molecule has 0 aromatic carbocycles. The molecule has 8 heteroatoms. The minimum atomic E-state index is -3.03. The number of likely N-dealkylation sites (N-methyl/N-ethyl adjacent to an activating group) is 1. The second-order valence-electron chi connectivity index (χ2n) is 8.22. The van der Waals surface area contributed by atoms with E-state index < -0.39 is 9.84 Å². The van der Waals surface area contributed by atoms with E-state index in [2.05, 4.69) is 5.32 Å². The van der Waals surface area contributed by atoms with Crippen molar-refractivity contribution >= 4 is 21.7 Å². The first-order valence-electron chi connectivity index (χ1n) is 9.83. The molecule has 2 bridgehead atoms. The predicted molar refractivity (Wildman–Crippen MR) is 99.0 cm³/mol. The van der Waals surface area contributed by atoms with Gasteiger partial charge in [0.15, 0.2) is 9.84 Å². The maximum Gasteiger partial charge on any atom is 0.239 e. The highest BCUT2D eigenvalue weighted by Gasteiger charge is 2.41. The summed E-state index contributed by atoms with van der Waals surface area (Å²) in [7, 11) is -3.03. The lowest BCUT2D eigenvalue weighted by Gasteiger charge is -2.44. The van der Waals surface area contributed by atoms with Crippen LogP contribution in [-0.4, -0.2) is 61.8 Å². The fourth-order valence-corrected chi connectivity index (χ4v) is 6.62. The molecule has 7 nitrogen and oxygen atoms in total. The van der Waals surface area contributed by atoms with Gasteiger partial charge in [0.05, 0.1) is 18.1 Å². The molecule has 148 valence electrons. The first kappa shape index (κ1) is 19.6. The molecule has 1 heterocycles. The Morgan fingerprint density at radius 2 is 1.81 bits per heavy atom. The van der Waals surface area contributed by atoms with Gasteiger partial charge < -0.3 is 16.0 Å². The molecule has 3 aliphatic rings. The zero-order chi connectivity index (χ0) is 18.9. The highest BCUT2D eigenvalue weighted by Crippen LogP contribution is 2.42. The summed E-state index contributed by atoms with van der Waals surface area (Å²) >= 11 is 0. The van der Waals surface area contributed by atoms with Crippen LogP contribution in [0.15, 0.2) is 0 Å². The Hall–Kier alpha value is -1.15. The number of hydrogen-bond donors (Lipinski definition) is 2. The zero-order valence-electron chi connectivity index (χ0n) is 15.5. The van der Waals surface area contributed by atoms with Gasteiger partial charge in [-0.2, -0.15) is 0 Å². The first-order chi connectivity index (χ1) is 12.3. The van der Waals surface area contributed by atoms with Crippen molar-refractivity contribution in [3.05, 3.63) is 0 Å². The van der Waals surface area contributed by atoms with Gasteiger partial charge in [0.2, 0.25) is 11.8 Å². The summed E-state index contributed by atoms with van der Waals surface area (Å²) in [4.78, 5) is 26.9. The van der Waals surface area contributed by atoms with Crippen LogP contribution in [0.2, 0.25) is 0 Å². The van der Waals surface area contributed by atoms with Gasteiger partial charge in [0.25, 0.3) is 0 Å². The number of rotatable bonds is 5. The minimum Gasteiger partial charge on any atom is -0.351 e. The van der Waals surface area contributed by atoms with Gasteiger partial charge >= 0.3 is 0 Å². The maximum atomic E-state index is 13.0. The van der Waals surface area contributed by atoms with E-state index in [0.29, 0.717) is 24.8 Å². The molecule has 2 aliphatic carbocycles. The SMILES string of the molecule is CCN(CC(=O)NC1CCS(=O)(=O)C1)C(=O)C1CC2CCCC(C1)C2N. The molecular weight excluding hydrogens is 354 g/mol. The summed E-state index contributed by atoms with van der Waals surface area (Å²) in [5.41, 5.74) is 6.31. The Kier molecular flexibility index (Phi) is 5.91. The van der Waals surface area contributed by atoms with Gasteiger partial charge in [-0.1, -0.05) is 6.42 Å². The number of carbonyl (C=O) groups excluding carboxylic acids is 2. The van der Waals surface area contributed by atoms with Crippen LogP contribution in [0.25, 0.3) is 0 Å². The number of fused-ring (bicyclic) bond motifs is 2. The maximum absolute atomic E-state index is 13.0. The van der Waals surface area contributed by atoms with Crippen molar-refractivity contribution in [3.8, 4) is 0 Å². The Morgan fingerprint density at radius 3 is 2.35 bits per heavy atom. The predicted octanol–water partition coefficient (Wildman–Crippen LogP) is 0.292. The molecule has 2 amide bonds. The molecule has 0 aromatic rings. The van der Waals surface area contributed by atoms with Crippen molar-refractivity contribution in [1.82, 2.24) is 10.2 Å². The van der Waals surface area contributed by atoms with E-state index in [-0.39, 0.29) is 47.9 Å². The molecule has 2 saturated carbocycles. The fourth-order valence-electron chi connectivity index (χ4n) is 4.95. The van der Waals surface area contributed by atoms with E-state index in [4.69, 9.17) is 5.73 Å². The third-order valence-corrected chi connectivity index (χ3v) is 8.16. The van der Waals surface area contributed by atoms with Crippen molar-refractivity contribution in [2.24, 2.45) is 23.5 Å². The number of nitrogens with two attached hydrogens (primary N) is 1. The van der Waals surface area contributed by atoms with Crippen LogP contribution < -0.4 is 11.1 Å². The summed E-state index contributed by atoms with van der Waals surface area (Å²) in [6.07, 6.45) is 5.52. The molecule has 0 aromatic heterocycles. The van der Waals surface area contributed by atoms with Gasteiger partial charge in [-0.25, -0.2) is 8.42 Å². The minimum absolute atomic E-state index is 0.00266. The Balaban J connectivity index is 1.54. The van der Waals surface area contributed by atoms with Crippen LogP contribution in [0.4, 0.5) is 0 Å². The van der Waals surface area contributed by atoms with E-state index >= 15 is 0 Å². The summed E-state index contributed by atoms with van der Waals surface area (Å²) in [6.45, 7) is 2.36. The molecule has 1 saturated heterocycles. The molecule has 0 spiro atoms. The summed E-state index contributed by atoms with van der Waals surface area (Å²) in [5.74, 6) is 0.716. The number of hydrogen-bond acceptors (Lipinski definition) is 5. The highest BCUT2D eigenvalue weighted by molar-refractivity contribution is 7.91. The van der Waals surface area contributed by atoms with Gasteiger partial charge in [0.1, 0.15) is 0 Å². The number of amides is 2. The van der Waals surface area contributed by atoms with Crippen molar-refractivity contribution in [3.63, 3.8) is 0 Å². The van der Waals surface area contributed by atoms with E-state index in [0.717, 1.165) is 25.7 Å². The summed E-state index contributed by atoms with van der Waals surface area (Å²) in [6, 6.07) is -0.108. The van der Waals surface area contributed by atoms with Crippen molar-refractivity contribution in [2.45, 2.75) is 57.5 Å². The lowest BCUT2D eigenvalue weighted by Crippen LogP contribution is -2.51. The molecule has 3 fully saturated rings. The van der Waals surface area contributed by atoms with Crippen LogP contribution in [0, 0.1) is 17.8 Å². The quantitative estimate of drug-likeness (QED) is 0.707. The zero-order valence-corrected chi connectivity index (χ0v) is 16.3. The lowest BCUT2D eigenvalue weighted by molar-refractivity contribution is -0.142. The first-order valence-corrected chi connectivity index (χ1v) is 11.7. The monoisotopic (exact) mass is 385 g/mol. The van der Waals surface area contributed by atoms with E-state index in [9.17, 15) is 18.0 Å². The smallest absolute Gasteiger partial charge is 0.239 e. The van der Waals surface area contributed by atoms with Gasteiger partial charge in [0, 0.05) is 24.5 Å². The van der Waals surface area contributed by atoms with Crippen molar-refractivity contribution < 1.29 is 18.0 Å². The Bertz CT molecular complexity index is 637.